The van der Waals surface area contributed by atoms with Crippen molar-refractivity contribution >= 4 is 17.6 Å². The number of carbonyl (C=O) groups excluding carboxylic acids is 1. The average Bonchev–Trinajstić information content (AvgIpc) is 2.27. The van der Waals surface area contributed by atoms with E-state index in [1.165, 1.54) is 6.07 Å². The first-order valence-corrected chi connectivity index (χ1v) is 3.97. The van der Waals surface area contributed by atoms with E-state index in [4.69, 9.17) is 9.90 Å². The van der Waals surface area contributed by atoms with Gasteiger partial charge in [-0.1, -0.05) is 30.3 Å². The van der Waals surface area contributed by atoms with Crippen LogP contribution in [-0.2, 0) is 4.79 Å². The van der Waals surface area contributed by atoms with Gasteiger partial charge in [0.25, 0.3) is 0 Å². The van der Waals surface area contributed by atoms with E-state index >= 15 is 0 Å². The predicted octanol–water partition coefficient (Wildman–Crippen LogP) is 2.07. The highest BCUT2D eigenvalue weighted by Crippen LogP contribution is 2.32. The highest BCUT2D eigenvalue weighted by atomic mass is 16.3. The Kier molecular flexibility index (Phi) is 3.07. The van der Waals surface area contributed by atoms with Gasteiger partial charge in [-0.2, -0.15) is 0 Å². The molecule has 2 aromatic rings. The van der Waals surface area contributed by atoms with Gasteiger partial charge in [0.05, 0.1) is 0 Å². The summed E-state index contributed by atoms with van der Waals surface area (Å²) < 4.78 is 0. The third kappa shape index (κ3) is 1.66. The summed E-state index contributed by atoms with van der Waals surface area (Å²) in [5.41, 5.74) is 0. The van der Waals surface area contributed by atoms with E-state index in [2.05, 4.69) is 0 Å². The maximum absolute atomic E-state index is 9.41. The molecule has 14 heavy (non-hydrogen) atoms. The molecule has 0 radical (unpaired) electrons. The van der Waals surface area contributed by atoms with Crippen molar-refractivity contribution in [3.05, 3.63) is 36.4 Å². The first kappa shape index (κ1) is 10.1. The van der Waals surface area contributed by atoms with Gasteiger partial charge in [-0.05, 0) is 11.5 Å². The Morgan fingerprint density at radius 3 is 2.29 bits per heavy atom. The SMILES string of the molecule is C=O.Oc1ccc2ccccc2c1O. The molecule has 2 N–H and O–H groups in total. The number of phenolic OH excluding ortho intramolecular Hbond substituents is 2. The lowest BCUT2D eigenvalue weighted by atomic mass is 10.1. The first-order valence-electron chi connectivity index (χ1n) is 3.97. The summed E-state index contributed by atoms with van der Waals surface area (Å²) >= 11 is 0. The van der Waals surface area contributed by atoms with E-state index in [-0.39, 0.29) is 11.5 Å². The van der Waals surface area contributed by atoms with E-state index < -0.39 is 0 Å². The minimum absolute atomic E-state index is 0.0481. The topological polar surface area (TPSA) is 57.5 Å². The quantitative estimate of drug-likeness (QED) is 0.625. The van der Waals surface area contributed by atoms with Crippen molar-refractivity contribution in [2.24, 2.45) is 0 Å². The molecule has 0 heterocycles. The molecule has 0 amide bonds. The molecule has 0 bridgehead atoms. The molecule has 2 aromatic carbocycles. The Balaban J connectivity index is 0.000000461. The van der Waals surface area contributed by atoms with Crippen LogP contribution in [0.15, 0.2) is 36.4 Å². The largest absolute Gasteiger partial charge is 0.504 e. The lowest BCUT2D eigenvalue weighted by Gasteiger charge is -2.01. The molecule has 0 aliphatic heterocycles. The van der Waals surface area contributed by atoms with Crippen molar-refractivity contribution in [2.75, 3.05) is 0 Å². The van der Waals surface area contributed by atoms with Crippen LogP contribution in [0.25, 0.3) is 10.8 Å². The van der Waals surface area contributed by atoms with Gasteiger partial charge in [0, 0.05) is 5.39 Å². The molecule has 0 aliphatic carbocycles. The molecule has 0 aliphatic rings. The summed E-state index contributed by atoms with van der Waals surface area (Å²) in [6.45, 7) is 2.00. The molecule has 0 unspecified atom stereocenters. The monoisotopic (exact) mass is 190 g/mol. The van der Waals surface area contributed by atoms with E-state index in [0.717, 1.165) is 5.39 Å². The molecule has 0 atom stereocenters. The fourth-order valence-electron chi connectivity index (χ4n) is 1.24. The molecule has 0 aromatic heterocycles. The third-order valence-corrected chi connectivity index (χ3v) is 1.88. The fourth-order valence-corrected chi connectivity index (χ4v) is 1.24. The summed E-state index contributed by atoms with van der Waals surface area (Å²) in [4.78, 5) is 8.00. The molecule has 72 valence electrons. The normalized spacial score (nSPS) is 9.14. The lowest BCUT2D eigenvalue weighted by molar-refractivity contribution is -0.0979. The number of fused-ring (bicyclic) bond motifs is 1. The number of benzene rings is 2. The molecule has 0 fully saturated rings. The summed E-state index contributed by atoms with van der Waals surface area (Å²) in [6, 6.07) is 10.6. The lowest BCUT2D eigenvalue weighted by Crippen LogP contribution is -1.73. The molecule has 0 spiro atoms. The highest BCUT2D eigenvalue weighted by molar-refractivity contribution is 5.90. The Hall–Kier alpha value is -2.03. The van der Waals surface area contributed by atoms with E-state index in [1.54, 1.807) is 12.1 Å². The molecular weight excluding hydrogens is 180 g/mol. The number of hydrogen-bond acceptors (Lipinski definition) is 3. The second-order valence-electron chi connectivity index (χ2n) is 2.65. The zero-order chi connectivity index (χ0) is 10.6. The van der Waals surface area contributed by atoms with Gasteiger partial charge in [-0.3, -0.25) is 0 Å². The van der Waals surface area contributed by atoms with Crippen LogP contribution in [0.5, 0.6) is 11.5 Å². The molecule has 0 saturated carbocycles. The van der Waals surface area contributed by atoms with Crippen LogP contribution >= 0.6 is 0 Å². The minimum Gasteiger partial charge on any atom is -0.504 e. The predicted molar refractivity (Wildman–Crippen MR) is 54.4 cm³/mol. The van der Waals surface area contributed by atoms with E-state index in [9.17, 15) is 5.11 Å². The van der Waals surface area contributed by atoms with Gasteiger partial charge in [-0.15, -0.1) is 0 Å². The van der Waals surface area contributed by atoms with Gasteiger partial charge in [0.1, 0.15) is 6.79 Å². The van der Waals surface area contributed by atoms with Crippen LogP contribution in [-0.4, -0.2) is 17.0 Å². The van der Waals surface area contributed by atoms with Crippen LogP contribution in [0.1, 0.15) is 0 Å². The Morgan fingerprint density at radius 2 is 1.57 bits per heavy atom. The Morgan fingerprint density at radius 1 is 0.929 bits per heavy atom. The average molecular weight is 190 g/mol. The second-order valence-corrected chi connectivity index (χ2v) is 2.65. The van der Waals surface area contributed by atoms with E-state index in [0.29, 0.717) is 5.39 Å². The van der Waals surface area contributed by atoms with Crippen molar-refractivity contribution in [2.45, 2.75) is 0 Å². The van der Waals surface area contributed by atoms with Crippen molar-refractivity contribution in [1.82, 2.24) is 0 Å². The van der Waals surface area contributed by atoms with Crippen molar-refractivity contribution in [1.29, 1.82) is 0 Å². The minimum atomic E-state index is -0.0753. The standard InChI is InChI=1S/C10H8O2.CH2O/c11-9-6-5-7-3-1-2-4-8(7)10(9)12;1-2/h1-6,11-12H;1H2. The van der Waals surface area contributed by atoms with Gasteiger partial charge in [-0.25, -0.2) is 0 Å². The van der Waals surface area contributed by atoms with Gasteiger partial charge in [0.15, 0.2) is 11.5 Å². The zero-order valence-corrected chi connectivity index (χ0v) is 7.47. The maximum Gasteiger partial charge on any atom is 0.165 e. The number of carbonyl (C=O) groups is 1. The van der Waals surface area contributed by atoms with Crippen LogP contribution in [0.4, 0.5) is 0 Å². The first-order chi connectivity index (χ1) is 6.79. The third-order valence-electron chi connectivity index (χ3n) is 1.88. The molecular formula is C11H10O3. The molecule has 2 rings (SSSR count). The summed E-state index contributed by atoms with van der Waals surface area (Å²) in [5, 5.41) is 20.2. The summed E-state index contributed by atoms with van der Waals surface area (Å²) in [5.74, 6) is -0.123. The van der Waals surface area contributed by atoms with Crippen molar-refractivity contribution in [3.63, 3.8) is 0 Å². The molecule has 3 heteroatoms. The second kappa shape index (κ2) is 4.28. The van der Waals surface area contributed by atoms with Crippen LogP contribution < -0.4 is 0 Å². The Labute approximate surface area is 81.2 Å². The van der Waals surface area contributed by atoms with Gasteiger partial charge in [0.2, 0.25) is 0 Å². The van der Waals surface area contributed by atoms with Crippen molar-refractivity contribution < 1.29 is 15.0 Å². The highest BCUT2D eigenvalue weighted by Gasteiger charge is 2.02. The number of aromatic hydroxyl groups is 2. The maximum atomic E-state index is 9.41. The van der Waals surface area contributed by atoms with Crippen LogP contribution in [0.3, 0.4) is 0 Å². The smallest absolute Gasteiger partial charge is 0.165 e. The number of hydrogen-bond donors (Lipinski definition) is 2. The zero-order valence-electron chi connectivity index (χ0n) is 7.47. The molecule has 0 saturated heterocycles. The number of phenols is 2. The summed E-state index contributed by atoms with van der Waals surface area (Å²) in [6.07, 6.45) is 0. The Bertz CT molecular complexity index is 437. The van der Waals surface area contributed by atoms with Gasteiger partial charge >= 0.3 is 0 Å². The van der Waals surface area contributed by atoms with Crippen molar-refractivity contribution in [3.8, 4) is 11.5 Å². The summed E-state index contributed by atoms with van der Waals surface area (Å²) in [7, 11) is 0. The fraction of sp³-hybridized carbons (Fsp3) is 0. The van der Waals surface area contributed by atoms with Crippen LogP contribution in [0.2, 0.25) is 0 Å². The molecule has 3 nitrogen and oxygen atoms in total. The van der Waals surface area contributed by atoms with Crippen LogP contribution in [0, 0.1) is 0 Å². The van der Waals surface area contributed by atoms with E-state index in [1.807, 2.05) is 25.0 Å². The van der Waals surface area contributed by atoms with Gasteiger partial charge < -0.3 is 15.0 Å². The number of rotatable bonds is 0.